The van der Waals surface area contributed by atoms with Crippen molar-refractivity contribution in [2.75, 3.05) is 0 Å². The molecular weight excluding hydrogens is 490 g/mol. The molecule has 7 heteroatoms. The summed E-state index contributed by atoms with van der Waals surface area (Å²) >= 11 is 0. The highest BCUT2D eigenvalue weighted by atomic mass is 16.4. The monoisotopic (exact) mass is 539 g/mol. The number of para-hydroxylation sites is 1. The summed E-state index contributed by atoms with van der Waals surface area (Å²) in [5.74, 6) is 1.19. The predicted octanol–water partition coefficient (Wildman–Crippen LogP) is 6.07. The molecule has 3 fully saturated rings. The van der Waals surface area contributed by atoms with Crippen LogP contribution in [0.1, 0.15) is 105 Å². The normalized spacial score (nSPS) is 31.6. The van der Waals surface area contributed by atoms with Gasteiger partial charge in [0.1, 0.15) is 6.54 Å². The lowest BCUT2D eigenvalue weighted by atomic mass is 9.74. The molecule has 0 amide bonds. The van der Waals surface area contributed by atoms with E-state index >= 15 is 0 Å². The van der Waals surface area contributed by atoms with Crippen molar-refractivity contribution in [1.82, 2.24) is 14.0 Å². The van der Waals surface area contributed by atoms with E-state index in [-0.39, 0.29) is 11.6 Å². The van der Waals surface area contributed by atoms with Gasteiger partial charge in [-0.3, -0.25) is 23.6 Å². The zero-order valence-electron chi connectivity index (χ0n) is 24.6. The first-order valence-corrected chi connectivity index (χ1v) is 15.5. The van der Waals surface area contributed by atoms with E-state index in [4.69, 9.17) is 0 Å². The molecule has 0 spiro atoms. The summed E-state index contributed by atoms with van der Waals surface area (Å²) in [6.07, 6.45) is 11.4. The van der Waals surface area contributed by atoms with Crippen molar-refractivity contribution in [1.29, 1.82) is 0 Å². The van der Waals surface area contributed by atoms with Gasteiger partial charge in [-0.15, -0.1) is 0 Å². The predicted molar refractivity (Wildman–Crippen MR) is 157 cm³/mol. The van der Waals surface area contributed by atoms with Gasteiger partial charge in [0, 0.05) is 24.2 Å². The molecule has 2 aromatic rings. The molecule has 5 rings (SSSR count). The SMILES string of the molecule is CC.CCC1CC(C)CC(N2C3CCCC2CC(n2c(=O)c4ccccc4n(CC(=O)O)c2=O)C3)CC(C)C1. The lowest BCUT2D eigenvalue weighted by Crippen LogP contribution is -2.59. The zero-order chi connectivity index (χ0) is 28.3. The second kappa shape index (κ2) is 12.8. The Bertz CT molecular complexity index is 1220. The van der Waals surface area contributed by atoms with E-state index in [0.29, 0.717) is 40.9 Å². The molecule has 1 N–H and O–H groups in total. The summed E-state index contributed by atoms with van der Waals surface area (Å²) in [4.78, 5) is 41.6. The van der Waals surface area contributed by atoms with E-state index in [2.05, 4.69) is 25.7 Å². The Morgan fingerprint density at radius 2 is 1.46 bits per heavy atom. The molecule has 39 heavy (non-hydrogen) atoms. The first-order valence-electron chi connectivity index (χ1n) is 15.5. The Morgan fingerprint density at radius 1 is 0.872 bits per heavy atom. The number of benzene rings is 1. The van der Waals surface area contributed by atoms with Gasteiger partial charge in [-0.1, -0.05) is 59.6 Å². The van der Waals surface area contributed by atoms with Crippen LogP contribution in [0.5, 0.6) is 0 Å². The standard InChI is InChI=1S/C30H43N3O4.C2H6/c1-4-21-12-19(2)14-24(15-20(3)13-21)32-22-8-7-9-23(32)17-25(16-22)33-29(36)26-10-5-6-11-27(26)31(30(33)37)18-28(34)35;1-2/h5-6,10-11,19-25H,4,7-9,12-18H2,1-3H3,(H,34,35);1-2H3. The van der Waals surface area contributed by atoms with Gasteiger partial charge in [-0.05, 0) is 81.3 Å². The number of carbonyl (C=O) groups is 1. The molecule has 1 aromatic carbocycles. The molecule has 3 aliphatic rings. The molecule has 1 saturated carbocycles. The fourth-order valence-electron chi connectivity index (χ4n) is 8.17. The van der Waals surface area contributed by atoms with E-state index in [1.165, 1.54) is 47.7 Å². The zero-order valence-corrected chi connectivity index (χ0v) is 24.6. The number of hydrogen-bond donors (Lipinski definition) is 1. The van der Waals surface area contributed by atoms with Crippen LogP contribution in [-0.2, 0) is 11.3 Å². The highest BCUT2D eigenvalue weighted by molar-refractivity contribution is 5.79. The number of fused-ring (bicyclic) bond motifs is 3. The van der Waals surface area contributed by atoms with Crippen molar-refractivity contribution < 1.29 is 9.90 Å². The molecule has 2 bridgehead atoms. The van der Waals surface area contributed by atoms with Crippen molar-refractivity contribution in [3.05, 3.63) is 45.1 Å². The number of carboxylic acids is 1. The minimum Gasteiger partial charge on any atom is -0.480 e. The van der Waals surface area contributed by atoms with Gasteiger partial charge in [0.25, 0.3) is 5.56 Å². The first kappa shape index (κ1) is 29.6. The average Bonchev–Trinajstić information content (AvgIpc) is 2.90. The molecule has 0 radical (unpaired) electrons. The summed E-state index contributed by atoms with van der Waals surface area (Å²) in [7, 11) is 0. The maximum Gasteiger partial charge on any atom is 0.332 e. The third-order valence-electron chi connectivity index (χ3n) is 9.57. The Kier molecular flexibility index (Phi) is 9.73. The lowest BCUT2D eigenvalue weighted by molar-refractivity contribution is -0.137. The third-order valence-corrected chi connectivity index (χ3v) is 9.57. The van der Waals surface area contributed by atoms with Gasteiger partial charge < -0.3 is 5.11 Å². The quantitative estimate of drug-likeness (QED) is 0.498. The second-order valence-electron chi connectivity index (χ2n) is 12.3. The van der Waals surface area contributed by atoms with Crippen LogP contribution in [0.15, 0.2) is 33.9 Å². The maximum absolute atomic E-state index is 13.6. The van der Waals surface area contributed by atoms with E-state index in [9.17, 15) is 19.5 Å². The topological polar surface area (TPSA) is 84.5 Å². The highest BCUT2D eigenvalue weighted by Crippen LogP contribution is 2.43. The van der Waals surface area contributed by atoms with Crippen molar-refractivity contribution in [3.8, 4) is 0 Å². The van der Waals surface area contributed by atoms with E-state index in [1.807, 2.05) is 13.8 Å². The number of rotatable bonds is 5. The number of carboxylic acid groups (broad SMARTS) is 1. The molecule has 2 saturated heterocycles. The Balaban J connectivity index is 0.00000172. The molecule has 216 valence electrons. The number of hydrogen-bond acceptors (Lipinski definition) is 4. The van der Waals surface area contributed by atoms with Gasteiger partial charge in [0.05, 0.1) is 10.9 Å². The summed E-state index contributed by atoms with van der Waals surface area (Å²) in [5.41, 5.74) is -0.365. The van der Waals surface area contributed by atoms with Crippen LogP contribution in [0, 0.1) is 17.8 Å². The Morgan fingerprint density at radius 3 is 2.03 bits per heavy atom. The number of aromatic nitrogens is 2. The molecule has 4 unspecified atom stereocenters. The van der Waals surface area contributed by atoms with E-state index in [0.717, 1.165) is 31.6 Å². The van der Waals surface area contributed by atoms with Crippen molar-refractivity contribution in [3.63, 3.8) is 0 Å². The molecular formula is C32H49N3O4. The van der Waals surface area contributed by atoms with Crippen LogP contribution in [0.25, 0.3) is 10.9 Å². The van der Waals surface area contributed by atoms with Gasteiger partial charge >= 0.3 is 11.7 Å². The fourth-order valence-corrected chi connectivity index (χ4v) is 8.17. The fraction of sp³-hybridized carbons (Fsp3) is 0.719. The van der Waals surface area contributed by atoms with Crippen LogP contribution in [0.2, 0.25) is 0 Å². The highest BCUT2D eigenvalue weighted by Gasteiger charge is 2.44. The Hall–Kier alpha value is -2.41. The third kappa shape index (κ3) is 6.18. The summed E-state index contributed by atoms with van der Waals surface area (Å²) < 4.78 is 2.67. The molecule has 4 atom stereocenters. The van der Waals surface area contributed by atoms with Crippen LogP contribution in [0.3, 0.4) is 0 Å². The van der Waals surface area contributed by atoms with Crippen LogP contribution in [0.4, 0.5) is 0 Å². The molecule has 7 nitrogen and oxygen atoms in total. The number of piperidine rings is 2. The number of aliphatic carboxylic acids is 1. The van der Waals surface area contributed by atoms with Gasteiger partial charge in [0.15, 0.2) is 0 Å². The van der Waals surface area contributed by atoms with Crippen molar-refractivity contribution in [2.24, 2.45) is 17.8 Å². The molecule has 1 aliphatic carbocycles. The van der Waals surface area contributed by atoms with Gasteiger partial charge in [-0.2, -0.15) is 0 Å². The summed E-state index contributed by atoms with van der Waals surface area (Å²) in [6.45, 7) is 10.7. The smallest absolute Gasteiger partial charge is 0.332 e. The minimum atomic E-state index is -1.08. The number of nitrogens with zero attached hydrogens (tertiary/aromatic N) is 3. The molecule has 3 heterocycles. The summed E-state index contributed by atoms with van der Waals surface area (Å²) in [5, 5.41) is 9.92. The van der Waals surface area contributed by atoms with Gasteiger partial charge in [-0.25, -0.2) is 4.79 Å². The van der Waals surface area contributed by atoms with Crippen LogP contribution in [-0.4, -0.2) is 43.2 Å². The van der Waals surface area contributed by atoms with Crippen molar-refractivity contribution >= 4 is 16.9 Å². The maximum atomic E-state index is 13.6. The van der Waals surface area contributed by atoms with E-state index < -0.39 is 18.2 Å². The average molecular weight is 540 g/mol. The summed E-state index contributed by atoms with van der Waals surface area (Å²) in [6, 6.07) is 8.02. The van der Waals surface area contributed by atoms with E-state index in [1.54, 1.807) is 24.3 Å². The lowest BCUT2D eigenvalue weighted by Gasteiger charge is -2.53. The second-order valence-corrected chi connectivity index (χ2v) is 12.3. The molecule has 1 aromatic heterocycles. The van der Waals surface area contributed by atoms with Gasteiger partial charge in [0.2, 0.25) is 0 Å². The van der Waals surface area contributed by atoms with Crippen LogP contribution < -0.4 is 11.2 Å². The van der Waals surface area contributed by atoms with Crippen LogP contribution >= 0.6 is 0 Å². The van der Waals surface area contributed by atoms with Crippen molar-refractivity contribution in [2.45, 2.75) is 130 Å². The molecule has 2 aliphatic heterocycles. The largest absolute Gasteiger partial charge is 0.480 e. The first-order chi connectivity index (χ1) is 18.8. The minimum absolute atomic E-state index is 0.191. The Labute approximate surface area is 233 Å².